The molecule has 0 bridgehead atoms. The zero-order valence-electron chi connectivity index (χ0n) is 14.5. The number of hydrogen-bond acceptors (Lipinski definition) is 3. The molecule has 0 radical (unpaired) electrons. The second-order valence-corrected chi connectivity index (χ2v) is 7.45. The monoisotopic (exact) mass is 383 g/mol. The van der Waals surface area contributed by atoms with Crippen LogP contribution in [0.5, 0.6) is 0 Å². The molecular formula is C19H18ClN5O2. The Morgan fingerprint density at radius 2 is 2.15 bits per heavy atom. The number of amides is 2. The third-order valence-electron chi connectivity index (χ3n) is 5.15. The molecule has 138 valence electrons. The Labute approximate surface area is 160 Å². The van der Waals surface area contributed by atoms with Gasteiger partial charge >= 0.3 is 0 Å². The molecule has 0 atom stereocenters. The molecule has 27 heavy (non-hydrogen) atoms. The second-order valence-electron chi connectivity index (χ2n) is 7.07. The molecule has 5 rings (SSSR count). The van der Waals surface area contributed by atoms with Crippen LogP contribution in [0.4, 0.5) is 0 Å². The number of carbonyl (C=O) groups is 2. The number of carbonyl (C=O) groups excluding carboxylic acids is 2. The van der Waals surface area contributed by atoms with Gasteiger partial charge in [-0.05, 0) is 48.6 Å². The molecule has 2 aliphatic rings. The van der Waals surface area contributed by atoms with Crippen LogP contribution in [-0.4, -0.2) is 50.9 Å². The summed E-state index contributed by atoms with van der Waals surface area (Å²) in [5.74, 6) is 0.0566. The van der Waals surface area contributed by atoms with Gasteiger partial charge in [0, 0.05) is 19.3 Å². The van der Waals surface area contributed by atoms with Gasteiger partial charge in [-0.2, -0.15) is 5.10 Å². The Hall–Kier alpha value is -2.80. The van der Waals surface area contributed by atoms with Crippen LogP contribution in [0.25, 0.3) is 16.9 Å². The number of nitrogens with one attached hydrogen (secondary N) is 2. The minimum atomic E-state index is -0.316. The van der Waals surface area contributed by atoms with Crippen molar-refractivity contribution in [1.82, 2.24) is 24.8 Å². The van der Waals surface area contributed by atoms with E-state index in [1.165, 1.54) is 23.3 Å². The first-order valence-electron chi connectivity index (χ1n) is 9.04. The van der Waals surface area contributed by atoms with Crippen LogP contribution < -0.4 is 5.32 Å². The summed E-state index contributed by atoms with van der Waals surface area (Å²) in [6, 6.07) is 8.04. The summed E-state index contributed by atoms with van der Waals surface area (Å²) in [7, 11) is 0. The van der Waals surface area contributed by atoms with Crippen LogP contribution in [0.3, 0.4) is 0 Å². The summed E-state index contributed by atoms with van der Waals surface area (Å²) in [5, 5.41) is 7.58. The van der Waals surface area contributed by atoms with E-state index in [1.54, 1.807) is 4.52 Å². The first-order chi connectivity index (χ1) is 13.1. The van der Waals surface area contributed by atoms with Gasteiger partial charge in [0.2, 0.25) is 5.91 Å². The second kappa shape index (κ2) is 6.13. The molecule has 0 unspecified atom stereocenters. The van der Waals surface area contributed by atoms with Gasteiger partial charge in [-0.25, -0.2) is 4.52 Å². The summed E-state index contributed by atoms with van der Waals surface area (Å²) < 4.78 is 1.72. The Balaban J connectivity index is 1.64. The zero-order chi connectivity index (χ0) is 18.5. The maximum absolute atomic E-state index is 12.9. The number of H-pyrrole nitrogens is 1. The minimum absolute atomic E-state index is 0.0276. The molecule has 2 fully saturated rings. The number of nitrogens with zero attached hydrogens (tertiary/aromatic N) is 3. The van der Waals surface area contributed by atoms with Crippen molar-refractivity contribution in [3.8, 4) is 11.4 Å². The lowest BCUT2D eigenvalue weighted by Crippen LogP contribution is -2.50. The van der Waals surface area contributed by atoms with E-state index in [4.69, 9.17) is 11.6 Å². The van der Waals surface area contributed by atoms with Crippen LogP contribution in [-0.2, 0) is 4.79 Å². The standard InChI is InChI=1S/C19H18ClN5O2/c20-17-15-9-12(11-3-4-11)8-14(13-2-1-5-21-13)25(15)23-18(17)19(27)24-7-6-22-16(26)10-24/h1-2,5,8-9,11,21H,3-4,6-7,10H2,(H,22,26). The number of fused-ring (bicyclic) bond motifs is 1. The van der Waals surface area contributed by atoms with E-state index in [9.17, 15) is 9.59 Å². The summed E-state index contributed by atoms with van der Waals surface area (Å²) in [6.07, 6.45) is 4.19. The highest BCUT2D eigenvalue weighted by Gasteiger charge is 2.30. The van der Waals surface area contributed by atoms with E-state index in [0.717, 1.165) is 16.9 Å². The lowest BCUT2D eigenvalue weighted by Gasteiger charge is -2.25. The molecule has 2 N–H and O–H groups in total. The third-order valence-corrected chi connectivity index (χ3v) is 5.52. The van der Waals surface area contributed by atoms with Crippen molar-refractivity contribution in [1.29, 1.82) is 0 Å². The highest BCUT2D eigenvalue weighted by molar-refractivity contribution is 6.37. The topological polar surface area (TPSA) is 82.5 Å². The maximum Gasteiger partial charge on any atom is 0.276 e. The normalized spacial score (nSPS) is 17.4. The molecule has 4 heterocycles. The molecule has 1 saturated heterocycles. The van der Waals surface area contributed by atoms with E-state index in [1.807, 2.05) is 24.4 Å². The predicted molar refractivity (Wildman–Crippen MR) is 101 cm³/mol. The van der Waals surface area contributed by atoms with E-state index in [2.05, 4.69) is 21.5 Å². The Morgan fingerprint density at radius 1 is 1.30 bits per heavy atom. The lowest BCUT2D eigenvalue weighted by atomic mass is 10.1. The van der Waals surface area contributed by atoms with Crippen molar-refractivity contribution in [2.24, 2.45) is 0 Å². The van der Waals surface area contributed by atoms with Crippen molar-refractivity contribution in [2.75, 3.05) is 19.6 Å². The Kier molecular flexibility index (Phi) is 3.72. The highest BCUT2D eigenvalue weighted by Crippen LogP contribution is 2.42. The summed E-state index contributed by atoms with van der Waals surface area (Å²) in [6.45, 7) is 0.917. The molecule has 7 nitrogen and oxygen atoms in total. The molecule has 8 heteroatoms. The number of halogens is 1. The predicted octanol–water partition coefficient (Wildman–Crippen LogP) is 2.43. The van der Waals surface area contributed by atoms with E-state index < -0.39 is 0 Å². The quantitative estimate of drug-likeness (QED) is 0.728. The summed E-state index contributed by atoms with van der Waals surface area (Å²) in [5.41, 5.74) is 3.91. The van der Waals surface area contributed by atoms with Crippen LogP contribution in [0, 0.1) is 0 Å². The zero-order valence-corrected chi connectivity index (χ0v) is 15.3. The van der Waals surface area contributed by atoms with E-state index in [0.29, 0.717) is 24.0 Å². The van der Waals surface area contributed by atoms with Gasteiger partial charge in [-0.1, -0.05) is 11.6 Å². The molecule has 2 amide bonds. The Morgan fingerprint density at radius 3 is 2.85 bits per heavy atom. The van der Waals surface area contributed by atoms with Gasteiger partial charge in [0.25, 0.3) is 5.91 Å². The molecule has 1 aliphatic carbocycles. The average Bonchev–Trinajstić information content (AvgIpc) is 3.28. The first kappa shape index (κ1) is 16.4. The number of piperazine rings is 1. The molecule has 3 aromatic rings. The Bertz CT molecular complexity index is 1050. The SMILES string of the molecule is O=C1CN(C(=O)c2nn3c(-c4ccc[nH]4)cc(C4CC4)cc3c2Cl)CCN1. The molecule has 1 saturated carbocycles. The molecule has 1 aliphatic heterocycles. The third kappa shape index (κ3) is 2.78. The van der Waals surface area contributed by atoms with Crippen molar-refractivity contribution in [3.05, 3.63) is 46.7 Å². The largest absolute Gasteiger partial charge is 0.360 e. The lowest BCUT2D eigenvalue weighted by molar-refractivity contribution is -0.123. The van der Waals surface area contributed by atoms with Gasteiger partial charge in [0.1, 0.15) is 0 Å². The number of hydrogen-bond donors (Lipinski definition) is 2. The van der Waals surface area contributed by atoms with Gasteiger partial charge < -0.3 is 15.2 Å². The number of aromatic amines is 1. The highest BCUT2D eigenvalue weighted by atomic mass is 35.5. The van der Waals surface area contributed by atoms with E-state index >= 15 is 0 Å². The van der Waals surface area contributed by atoms with Crippen molar-refractivity contribution in [2.45, 2.75) is 18.8 Å². The average molecular weight is 384 g/mol. The van der Waals surface area contributed by atoms with Crippen molar-refractivity contribution < 1.29 is 9.59 Å². The molecule has 0 spiro atoms. The number of pyridine rings is 1. The van der Waals surface area contributed by atoms with E-state index in [-0.39, 0.29) is 24.1 Å². The van der Waals surface area contributed by atoms with Crippen molar-refractivity contribution >= 4 is 28.9 Å². The van der Waals surface area contributed by atoms with Crippen LogP contribution in [0.2, 0.25) is 5.02 Å². The molecular weight excluding hydrogens is 366 g/mol. The number of rotatable bonds is 3. The minimum Gasteiger partial charge on any atom is -0.360 e. The summed E-state index contributed by atoms with van der Waals surface area (Å²) >= 11 is 6.60. The van der Waals surface area contributed by atoms with Gasteiger partial charge in [-0.3, -0.25) is 9.59 Å². The summed E-state index contributed by atoms with van der Waals surface area (Å²) in [4.78, 5) is 29.3. The van der Waals surface area contributed by atoms with Crippen molar-refractivity contribution in [3.63, 3.8) is 0 Å². The number of aromatic nitrogens is 3. The fourth-order valence-corrected chi connectivity index (χ4v) is 3.82. The fourth-order valence-electron chi connectivity index (χ4n) is 3.57. The van der Waals surface area contributed by atoms with Crippen LogP contribution in [0.15, 0.2) is 30.5 Å². The van der Waals surface area contributed by atoms with Gasteiger partial charge in [0.15, 0.2) is 5.69 Å². The smallest absolute Gasteiger partial charge is 0.276 e. The van der Waals surface area contributed by atoms with Crippen LogP contribution >= 0.6 is 11.6 Å². The maximum atomic E-state index is 12.9. The first-order valence-corrected chi connectivity index (χ1v) is 9.41. The fraction of sp³-hybridized carbons (Fsp3) is 0.316. The molecule has 0 aromatic carbocycles. The van der Waals surface area contributed by atoms with Gasteiger partial charge in [0.05, 0.1) is 28.5 Å². The van der Waals surface area contributed by atoms with Crippen LogP contribution in [0.1, 0.15) is 34.8 Å². The van der Waals surface area contributed by atoms with Gasteiger partial charge in [-0.15, -0.1) is 0 Å². The molecule has 3 aromatic heterocycles.